The molecule has 0 aromatic heterocycles. The summed E-state index contributed by atoms with van der Waals surface area (Å²) in [7, 11) is 0. The van der Waals surface area contributed by atoms with Gasteiger partial charge < -0.3 is 20.9 Å². The lowest BCUT2D eigenvalue weighted by molar-refractivity contribution is -0.137. The molecule has 0 radical (unpaired) electrons. The van der Waals surface area contributed by atoms with Gasteiger partial charge in [-0.25, -0.2) is 0 Å². The Bertz CT molecular complexity index is 1260. The quantitative estimate of drug-likeness (QED) is 0.324. The number of nitrogen functional groups attached to an aromatic ring is 1. The van der Waals surface area contributed by atoms with Crippen molar-refractivity contribution in [2.45, 2.75) is 50.2 Å². The van der Waals surface area contributed by atoms with Crippen LogP contribution in [-0.4, -0.2) is 54.5 Å². The third kappa shape index (κ3) is 6.97. The summed E-state index contributed by atoms with van der Waals surface area (Å²) in [6.07, 6.45) is -0.394. The third-order valence-electron chi connectivity index (χ3n) is 8.30. The summed E-state index contributed by atoms with van der Waals surface area (Å²) in [5, 5.41) is 3.19. The lowest BCUT2D eigenvalue weighted by atomic mass is 9.88. The number of anilines is 2. The van der Waals surface area contributed by atoms with E-state index in [2.05, 4.69) is 58.7 Å². The van der Waals surface area contributed by atoms with E-state index in [4.69, 9.17) is 5.73 Å². The van der Waals surface area contributed by atoms with Crippen molar-refractivity contribution in [3.8, 4) is 11.1 Å². The Hall–Kier alpha value is -3.52. The number of halogens is 3. The Morgan fingerprint density at radius 1 is 0.850 bits per heavy atom. The monoisotopic (exact) mass is 550 g/mol. The maximum absolute atomic E-state index is 13.2. The summed E-state index contributed by atoms with van der Waals surface area (Å²) < 4.78 is 39.5. The third-order valence-corrected chi connectivity index (χ3v) is 8.30. The highest BCUT2D eigenvalue weighted by Gasteiger charge is 2.33. The number of alkyl halides is 3. The Morgan fingerprint density at radius 2 is 1.50 bits per heavy atom. The number of likely N-dealkylation sites (tertiary alicyclic amines) is 2. The van der Waals surface area contributed by atoms with Gasteiger partial charge in [-0.05, 0) is 79.6 Å². The van der Waals surface area contributed by atoms with E-state index in [1.165, 1.54) is 22.8 Å². The molecule has 5 rings (SSSR count). The topological polar surface area (TPSA) is 61.6 Å². The number of amides is 1. The lowest BCUT2D eigenvalue weighted by Crippen LogP contribution is -2.43. The Labute approximate surface area is 234 Å². The Morgan fingerprint density at radius 3 is 2.15 bits per heavy atom. The van der Waals surface area contributed by atoms with E-state index in [1.807, 2.05) is 11.0 Å². The number of nitrogens with one attached hydrogen (secondary N) is 1. The summed E-state index contributed by atoms with van der Waals surface area (Å²) in [4.78, 5) is 17.2. The van der Waals surface area contributed by atoms with E-state index in [-0.39, 0.29) is 17.6 Å². The van der Waals surface area contributed by atoms with Crippen LogP contribution < -0.4 is 11.1 Å². The fraction of sp³-hybridized carbons (Fsp3) is 0.406. The largest absolute Gasteiger partial charge is 0.418 e. The molecule has 8 heteroatoms. The minimum absolute atomic E-state index is 0.0227. The second-order valence-corrected chi connectivity index (χ2v) is 11.0. The molecule has 3 N–H and O–H groups in total. The van der Waals surface area contributed by atoms with Gasteiger partial charge in [0.25, 0.3) is 0 Å². The molecule has 2 heterocycles. The molecule has 3 aromatic carbocycles. The standard InChI is InChI=1S/C32H37F3N4O/c33-32(34,35)29-22-28(10-11-30(29)36)37-27-14-20-39(21-15-27)31(40)16-19-38-17-12-26(13-18-38)25-8-6-24(7-9-25)23-4-2-1-3-5-23/h1-11,22,26-27,37H,12-21,36H2. The predicted octanol–water partition coefficient (Wildman–Crippen LogP) is 6.63. The van der Waals surface area contributed by atoms with E-state index in [9.17, 15) is 18.0 Å². The number of carbonyl (C=O) groups is 1. The van der Waals surface area contributed by atoms with Crippen LogP contribution in [0.3, 0.4) is 0 Å². The lowest BCUT2D eigenvalue weighted by Gasteiger charge is -2.35. The van der Waals surface area contributed by atoms with Crippen LogP contribution in [0.1, 0.15) is 49.1 Å². The number of piperidine rings is 2. The van der Waals surface area contributed by atoms with Gasteiger partial charge >= 0.3 is 6.18 Å². The molecule has 2 saturated heterocycles. The minimum Gasteiger partial charge on any atom is -0.398 e. The molecule has 0 spiro atoms. The van der Waals surface area contributed by atoms with Crippen LogP contribution in [-0.2, 0) is 11.0 Å². The van der Waals surface area contributed by atoms with Crippen LogP contribution in [0.4, 0.5) is 24.5 Å². The molecule has 0 unspecified atom stereocenters. The van der Waals surface area contributed by atoms with E-state index in [0.717, 1.165) is 38.5 Å². The van der Waals surface area contributed by atoms with Gasteiger partial charge in [0.1, 0.15) is 0 Å². The molecule has 5 nitrogen and oxygen atoms in total. The molecule has 2 aliphatic rings. The molecule has 3 aromatic rings. The van der Waals surface area contributed by atoms with Gasteiger partial charge in [-0.2, -0.15) is 13.2 Å². The number of benzene rings is 3. The van der Waals surface area contributed by atoms with Gasteiger partial charge in [0.05, 0.1) is 5.56 Å². The number of hydrogen-bond acceptors (Lipinski definition) is 4. The van der Waals surface area contributed by atoms with E-state index >= 15 is 0 Å². The molecular weight excluding hydrogens is 513 g/mol. The van der Waals surface area contributed by atoms with Gasteiger partial charge in [-0.3, -0.25) is 4.79 Å². The molecule has 0 bridgehead atoms. The van der Waals surface area contributed by atoms with Crippen molar-refractivity contribution in [3.63, 3.8) is 0 Å². The van der Waals surface area contributed by atoms with Crippen LogP contribution in [0.25, 0.3) is 11.1 Å². The predicted molar refractivity (Wildman–Crippen MR) is 154 cm³/mol. The van der Waals surface area contributed by atoms with Crippen molar-refractivity contribution in [3.05, 3.63) is 83.9 Å². The van der Waals surface area contributed by atoms with E-state index in [1.54, 1.807) is 6.07 Å². The molecular formula is C32H37F3N4O. The zero-order valence-corrected chi connectivity index (χ0v) is 22.7. The van der Waals surface area contributed by atoms with Crippen molar-refractivity contribution in [2.24, 2.45) is 0 Å². The van der Waals surface area contributed by atoms with E-state index < -0.39 is 11.7 Å². The van der Waals surface area contributed by atoms with Gasteiger partial charge in [-0.1, -0.05) is 54.6 Å². The fourth-order valence-corrected chi connectivity index (χ4v) is 5.88. The second-order valence-electron chi connectivity index (χ2n) is 11.0. The normalized spacial score (nSPS) is 17.6. The van der Waals surface area contributed by atoms with Crippen LogP contribution in [0.2, 0.25) is 0 Å². The first-order valence-corrected chi connectivity index (χ1v) is 14.1. The van der Waals surface area contributed by atoms with E-state index in [0.29, 0.717) is 44.0 Å². The average Bonchev–Trinajstić information content (AvgIpc) is 2.97. The molecule has 0 saturated carbocycles. The Balaban J connectivity index is 1.02. The first-order valence-electron chi connectivity index (χ1n) is 14.1. The summed E-state index contributed by atoms with van der Waals surface area (Å²) >= 11 is 0. The molecule has 0 atom stereocenters. The smallest absolute Gasteiger partial charge is 0.398 e. The zero-order chi connectivity index (χ0) is 28.1. The van der Waals surface area contributed by atoms with Crippen LogP contribution in [0, 0.1) is 0 Å². The van der Waals surface area contributed by atoms with Gasteiger partial charge in [-0.15, -0.1) is 0 Å². The summed E-state index contributed by atoms with van der Waals surface area (Å²) in [6.45, 7) is 3.97. The minimum atomic E-state index is -4.49. The molecule has 40 heavy (non-hydrogen) atoms. The molecule has 1 amide bonds. The number of hydrogen-bond donors (Lipinski definition) is 2. The van der Waals surface area contributed by atoms with Crippen molar-refractivity contribution in [1.82, 2.24) is 9.80 Å². The summed E-state index contributed by atoms with van der Waals surface area (Å²) in [5.41, 5.74) is 8.66. The highest BCUT2D eigenvalue weighted by Crippen LogP contribution is 2.35. The number of nitrogens with zero attached hydrogens (tertiary/aromatic N) is 2. The average molecular weight is 551 g/mol. The van der Waals surface area contributed by atoms with Crippen LogP contribution >= 0.6 is 0 Å². The molecule has 0 aliphatic carbocycles. The fourth-order valence-electron chi connectivity index (χ4n) is 5.88. The molecule has 212 valence electrons. The van der Waals surface area contributed by atoms with Crippen molar-refractivity contribution in [1.29, 1.82) is 0 Å². The first kappa shape index (κ1) is 28.0. The van der Waals surface area contributed by atoms with Crippen molar-refractivity contribution < 1.29 is 18.0 Å². The number of nitrogens with two attached hydrogens (primary N) is 1. The number of rotatable bonds is 7. The maximum Gasteiger partial charge on any atom is 0.418 e. The summed E-state index contributed by atoms with van der Waals surface area (Å²) in [5.74, 6) is 0.709. The summed E-state index contributed by atoms with van der Waals surface area (Å²) in [6, 6.07) is 23.3. The first-order chi connectivity index (χ1) is 19.3. The van der Waals surface area contributed by atoms with Crippen LogP contribution in [0.5, 0.6) is 0 Å². The SMILES string of the molecule is Nc1ccc(NC2CCN(C(=O)CCN3CCC(c4ccc(-c5ccccc5)cc4)CC3)CC2)cc1C(F)(F)F. The van der Waals surface area contributed by atoms with Crippen LogP contribution in [0.15, 0.2) is 72.8 Å². The highest BCUT2D eigenvalue weighted by atomic mass is 19.4. The highest BCUT2D eigenvalue weighted by molar-refractivity contribution is 5.76. The van der Waals surface area contributed by atoms with Crippen molar-refractivity contribution in [2.75, 3.05) is 43.8 Å². The van der Waals surface area contributed by atoms with Gasteiger partial charge in [0.2, 0.25) is 5.91 Å². The zero-order valence-electron chi connectivity index (χ0n) is 22.7. The molecule has 2 fully saturated rings. The van der Waals surface area contributed by atoms with Gasteiger partial charge in [0.15, 0.2) is 0 Å². The molecule has 2 aliphatic heterocycles. The maximum atomic E-state index is 13.2. The van der Waals surface area contributed by atoms with Crippen molar-refractivity contribution >= 4 is 17.3 Å². The second kappa shape index (κ2) is 12.3. The number of carbonyl (C=O) groups excluding carboxylic acids is 1. The van der Waals surface area contributed by atoms with Gasteiger partial charge in [0, 0.05) is 43.5 Å². The Kier molecular flexibility index (Phi) is 8.64.